The fourth-order valence-electron chi connectivity index (χ4n) is 2.15. The van der Waals surface area contributed by atoms with Crippen molar-refractivity contribution in [2.75, 3.05) is 11.5 Å². The van der Waals surface area contributed by atoms with Crippen LogP contribution >= 0.6 is 0 Å². The molecule has 3 rings (SSSR count). The van der Waals surface area contributed by atoms with E-state index in [4.69, 9.17) is 4.74 Å². The predicted octanol–water partition coefficient (Wildman–Crippen LogP) is 3.05. The van der Waals surface area contributed by atoms with Crippen LogP contribution in [0.15, 0.2) is 48.5 Å². The molecule has 0 aliphatic carbocycles. The average Bonchev–Trinajstić information content (AvgIpc) is 2.38. The molecule has 0 aromatic heterocycles. The highest BCUT2D eigenvalue weighted by molar-refractivity contribution is 6.04. The summed E-state index contributed by atoms with van der Waals surface area (Å²) in [7, 11) is 0. The molecule has 18 heavy (non-hydrogen) atoms. The lowest BCUT2D eigenvalue weighted by atomic mass is 10.1. The molecule has 1 heterocycles. The highest BCUT2D eigenvalue weighted by atomic mass is 16.5. The van der Waals surface area contributed by atoms with Gasteiger partial charge >= 0.3 is 0 Å². The number of aryl methyl sites for hydroxylation is 1. The molecule has 0 bridgehead atoms. The molecule has 1 amide bonds. The van der Waals surface area contributed by atoms with Gasteiger partial charge in [-0.05, 0) is 36.8 Å². The first-order valence-electron chi connectivity index (χ1n) is 5.87. The molecule has 3 heteroatoms. The van der Waals surface area contributed by atoms with Gasteiger partial charge in [0.15, 0.2) is 6.61 Å². The lowest BCUT2D eigenvalue weighted by Gasteiger charge is -2.29. The highest BCUT2D eigenvalue weighted by Gasteiger charge is 2.26. The summed E-state index contributed by atoms with van der Waals surface area (Å²) in [5.74, 6) is 0.706. The second-order valence-corrected chi connectivity index (χ2v) is 4.32. The van der Waals surface area contributed by atoms with Crippen molar-refractivity contribution in [1.29, 1.82) is 0 Å². The van der Waals surface area contributed by atoms with Gasteiger partial charge in [-0.2, -0.15) is 0 Å². The number of carbonyl (C=O) groups excluding carboxylic acids is 1. The average molecular weight is 239 g/mol. The lowest BCUT2D eigenvalue weighted by molar-refractivity contribution is -0.120. The van der Waals surface area contributed by atoms with Crippen LogP contribution in [0.25, 0.3) is 0 Å². The minimum Gasteiger partial charge on any atom is -0.482 e. The molecule has 0 spiro atoms. The molecule has 0 radical (unpaired) electrons. The van der Waals surface area contributed by atoms with Gasteiger partial charge in [-0.3, -0.25) is 9.69 Å². The van der Waals surface area contributed by atoms with E-state index in [9.17, 15) is 4.79 Å². The Balaban J connectivity index is 2.13. The second kappa shape index (κ2) is 4.18. The predicted molar refractivity (Wildman–Crippen MR) is 70.3 cm³/mol. The number of fused-ring (bicyclic) bond motifs is 1. The van der Waals surface area contributed by atoms with Gasteiger partial charge in [0.05, 0.1) is 5.69 Å². The van der Waals surface area contributed by atoms with Crippen LogP contribution in [-0.2, 0) is 4.79 Å². The summed E-state index contributed by atoms with van der Waals surface area (Å²) in [6.07, 6.45) is 0. The Morgan fingerprint density at radius 2 is 1.94 bits per heavy atom. The van der Waals surface area contributed by atoms with Crippen molar-refractivity contribution >= 4 is 17.3 Å². The first-order chi connectivity index (χ1) is 8.75. The Morgan fingerprint density at radius 3 is 2.78 bits per heavy atom. The maximum atomic E-state index is 12.1. The number of ether oxygens (including phenoxy) is 1. The summed E-state index contributed by atoms with van der Waals surface area (Å²) in [6.45, 7) is 2.10. The van der Waals surface area contributed by atoms with Gasteiger partial charge in [-0.1, -0.05) is 24.3 Å². The van der Waals surface area contributed by atoms with Crippen LogP contribution in [-0.4, -0.2) is 12.5 Å². The van der Waals surface area contributed by atoms with Crippen molar-refractivity contribution < 1.29 is 9.53 Å². The zero-order valence-electron chi connectivity index (χ0n) is 10.1. The van der Waals surface area contributed by atoms with Gasteiger partial charge in [0.2, 0.25) is 0 Å². The molecule has 1 aliphatic rings. The van der Waals surface area contributed by atoms with Crippen molar-refractivity contribution in [3.8, 4) is 5.75 Å². The Bertz CT molecular complexity index is 607. The minimum atomic E-state index is -0.0423. The molecule has 2 aromatic carbocycles. The number of benzene rings is 2. The van der Waals surface area contributed by atoms with Crippen LogP contribution in [0.5, 0.6) is 5.75 Å². The van der Waals surface area contributed by atoms with Gasteiger partial charge in [0, 0.05) is 5.69 Å². The largest absolute Gasteiger partial charge is 0.482 e. The third-order valence-corrected chi connectivity index (χ3v) is 2.97. The zero-order chi connectivity index (χ0) is 12.5. The fraction of sp³-hybridized carbons (Fsp3) is 0.133. The van der Waals surface area contributed by atoms with Crippen molar-refractivity contribution in [3.05, 3.63) is 54.1 Å². The van der Waals surface area contributed by atoms with Crippen LogP contribution in [0.4, 0.5) is 11.4 Å². The summed E-state index contributed by atoms with van der Waals surface area (Å²) in [5.41, 5.74) is 2.82. The molecule has 0 unspecified atom stereocenters. The van der Waals surface area contributed by atoms with Crippen LogP contribution in [0.2, 0.25) is 0 Å². The summed E-state index contributed by atoms with van der Waals surface area (Å²) in [4.78, 5) is 13.8. The molecule has 0 saturated carbocycles. The third-order valence-electron chi connectivity index (χ3n) is 2.97. The number of rotatable bonds is 1. The number of nitrogens with zero attached hydrogens (tertiary/aromatic N) is 1. The monoisotopic (exact) mass is 239 g/mol. The van der Waals surface area contributed by atoms with E-state index in [0.29, 0.717) is 0 Å². The number of amides is 1. The van der Waals surface area contributed by atoms with Crippen LogP contribution < -0.4 is 9.64 Å². The number of anilines is 2. The molecule has 0 N–H and O–H groups in total. The first-order valence-corrected chi connectivity index (χ1v) is 5.87. The van der Waals surface area contributed by atoms with E-state index in [-0.39, 0.29) is 12.5 Å². The van der Waals surface area contributed by atoms with Crippen LogP contribution in [0, 0.1) is 6.92 Å². The van der Waals surface area contributed by atoms with Gasteiger partial charge in [0.25, 0.3) is 5.91 Å². The SMILES string of the molecule is Cc1cccc(N2C(=O)COc3ccccc32)c1. The molecule has 2 aromatic rings. The molecule has 3 nitrogen and oxygen atoms in total. The zero-order valence-corrected chi connectivity index (χ0v) is 10.1. The standard InChI is InChI=1S/C15H13NO2/c1-11-5-4-6-12(9-11)16-13-7-2-3-8-14(13)18-10-15(16)17/h2-9H,10H2,1H3. The summed E-state index contributed by atoms with van der Waals surface area (Å²) >= 11 is 0. The summed E-state index contributed by atoms with van der Waals surface area (Å²) in [6, 6.07) is 15.5. The van der Waals surface area contributed by atoms with Crippen molar-refractivity contribution in [3.63, 3.8) is 0 Å². The Hall–Kier alpha value is -2.29. The Labute approximate surface area is 106 Å². The Morgan fingerprint density at radius 1 is 1.11 bits per heavy atom. The van der Waals surface area contributed by atoms with Crippen molar-refractivity contribution in [2.45, 2.75) is 6.92 Å². The van der Waals surface area contributed by atoms with E-state index in [1.54, 1.807) is 4.90 Å². The quantitative estimate of drug-likeness (QED) is 0.765. The van der Waals surface area contributed by atoms with Gasteiger partial charge in [-0.15, -0.1) is 0 Å². The summed E-state index contributed by atoms with van der Waals surface area (Å²) in [5, 5.41) is 0. The topological polar surface area (TPSA) is 29.5 Å². The molecule has 1 aliphatic heterocycles. The van der Waals surface area contributed by atoms with E-state index in [2.05, 4.69) is 0 Å². The van der Waals surface area contributed by atoms with Crippen molar-refractivity contribution in [2.24, 2.45) is 0 Å². The molecular formula is C15H13NO2. The number of hydrogen-bond donors (Lipinski definition) is 0. The normalized spacial score (nSPS) is 14.1. The maximum Gasteiger partial charge on any atom is 0.269 e. The molecule has 0 saturated heterocycles. The Kier molecular flexibility index (Phi) is 2.52. The number of carbonyl (C=O) groups is 1. The van der Waals surface area contributed by atoms with Gasteiger partial charge in [-0.25, -0.2) is 0 Å². The van der Waals surface area contributed by atoms with E-state index >= 15 is 0 Å². The molecule has 0 atom stereocenters. The smallest absolute Gasteiger partial charge is 0.269 e. The number of hydrogen-bond acceptors (Lipinski definition) is 2. The van der Waals surface area contributed by atoms with E-state index in [1.165, 1.54) is 0 Å². The van der Waals surface area contributed by atoms with Crippen LogP contribution in [0.3, 0.4) is 0 Å². The maximum absolute atomic E-state index is 12.1. The minimum absolute atomic E-state index is 0.0423. The lowest BCUT2D eigenvalue weighted by Crippen LogP contribution is -2.35. The first kappa shape index (κ1) is 10.8. The molecule has 90 valence electrons. The van der Waals surface area contributed by atoms with E-state index in [1.807, 2.05) is 55.5 Å². The van der Waals surface area contributed by atoms with Crippen LogP contribution in [0.1, 0.15) is 5.56 Å². The van der Waals surface area contributed by atoms with E-state index in [0.717, 1.165) is 22.7 Å². The van der Waals surface area contributed by atoms with Gasteiger partial charge in [0.1, 0.15) is 5.75 Å². The second-order valence-electron chi connectivity index (χ2n) is 4.32. The molecular weight excluding hydrogens is 226 g/mol. The van der Waals surface area contributed by atoms with E-state index < -0.39 is 0 Å². The van der Waals surface area contributed by atoms with Crippen molar-refractivity contribution in [1.82, 2.24) is 0 Å². The third kappa shape index (κ3) is 1.74. The summed E-state index contributed by atoms with van der Waals surface area (Å²) < 4.78 is 5.43. The fourth-order valence-corrected chi connectivity index (χ4v) is 2.15. The highest BCUT2D eigenvalue weighted by Crippen LogP contribution is 2.36. The number of para-hydroxylation sites is 2. The van der Waals surface area contributed by atoms with Gasteiger partial charge < -0.3 is 4.74 Å². The molecule has 0 fully saturated rings.